The van der Waals surface area contributed by atoms with Crippen molar-refractivity contribution < 1.29 is 14.6 Å². The van der Waals surface area contributed by atoms with E-state index >= 15 is 0 Å². The molecular weight excluding hydrogens is 224 g/mol. The van der Waals surface area contributed by atoms with Crippen molar-refractivity contribution in [1.82, 2.24) is 20.6 Å². The fraction of sp³-hybridized carbons (Fsp3) is 0.200. The summed E-state index contributed by atoms with van der Waals surface area (Å²) in [6, 6.07) is 6.78. The molecule has 0 bridgehead atoms. The normalized spacial score (nSPS) is 12.1. The van der Waals surface area contributed by atoms with Crippen molar-refractivity contribution >= 4 is 5.97 Å². The van der Waals surface area contributed by atoms with Gasteiger partial charge in [0.05, 0.1) is 0 Å². The second-order valence-corrected chi connectivity index (χ2v) is 3.36. The van der Waals surface area contributed by atoms with Gasteiger partial charge in [-0.05, 0) is 36.4 Å². The number of rotatable bonds is 4. The summed E-state index contributed by atoms with van der Waals surface area (Å²) >= 11 is 0. The highest BCUT2D eigenvalue weighted by Gasteiger charge is 2.12. The molecule has 2 rings (SSSR count). The molecule has 0 radical (unpaired) electrons. The first kappa shape index (κ1) is 11.1. The number of nitrogens with one attached hydrogen (secondary N) is 1. The van der Waals surface area contributed by atoms with Gasteiger partial charge < -0.3 is 9.84 Å². The van der Waals surface area contributed by atoms with Crippen LogP contribution in [0.2, 0.25) is 0 Å². The first-order valence-electron chi connectivity index (χ1n) is 4.90. The first-order valence-corrected chi connectivity index (χ1v) is 4.90. The summed E-state index contributed by atoms with van der Waals surface area (Å²) in [4.78, 5) is 10.6. The van der Waals surface area contributed by atoms with Gasteiger partial charge in [-0.15, -0.1) is 10.2 Å². The van der Waals surface area contributed by atoms with Gasteiger partial charge in [-0.3, -0.25) is 0 Å². The monoisotopic (exact) mass is 234 g/mol. The average Bonchev–Trinajstić information content (AvgIpc) is 2.83. The van der Waals surface area contributed by atoms with E-state index in [1.807, 2.05) is 0 Å². The molecule has 17 heavy (non-hydrogen) atoms. The number of hydrogen-bond acceptors (Lipinski definition) is 5. The van der Waals surface area contributed by atoms with E-state index in [-0.39, 0.29) is 0 Å². The van der Waals surface area contributed by atoms with Crippen molar-refractivity contribution in [3.63, 3.8) is 0 Å². The minimum Gasteiger partial charge on any atom is -0.479 e. The van der Waals surface area contributed by atoms with Gasteiger partial charge >= 0.3 is 5.97 Å². The van der Waals surface area contributed by atoms with Crippen LogP contribution in [0.15, 0.2) is 24.3 Å². The van der Waals surface area contributed by atoms with E-state index in [0.717, 1.165) is 5.56 Å². The Morgan fingerprint density at radius 3 is 2.65 bits per heavy atom. The van der Waals surface area contributed by atoms with Gasteiger partial charge in [-0.1, -0.05) is 0 Å². The summed E-state index contributed by atoms with van der Waals surface area (Å²) in [6.07, 6.45) is -0.883. The van der Waals surface area contributed by atoms with Crippen LogP contribution in [-0.2, 0) is 4.79 Å². The third-order valence-corrected chi connectivity index (χ3v) is 2.12. The number of benzene rings is 1. The van der Waals surface area contributed by atoms with E-state index in [0.29, 0.717) is 11.6 Å². The second kappa shape index (κ2) is 4.60. The first-order chi connectivity index (χ1) is 8.16. The minimum absolute atomic E-state index is 0.475. The van der Waals surface area contributed by atoms with Gasteiger partial charge in [-0.25, -0.2) is 4.79 Å². The maximum atomic E-state index is 10.6. The van der Waals surface area contributed by atoms with Crippen molar-refractivity contribution in [2.24, 2.45) is 0 Å². The molecule has 88 valence electrons. The van der Waals surface area contributed by atoms with Gasteiger partial charge in [0.25, 0.3) is 0 Å². The Bertz CT molecular complexity index is 495. The van der Waals surface area contributed by atoms with Crippen LogP contribution >= 0.6 is 0 Å². The van der Waals surface area contributed by atoms with Crippen molar-refractivity contribution in [2.45, 2.75) is 13.0 Å². The zero-order chi connectivity index (χ0) is 12.3. The maximum absolute atomic E-state index is 10.6. The Labute approximate surface area is 96.4 Å². The van der Waals surface area contributed by atoms with E-state index in [2.05, 4.69) is 20.6 Å². The molecule has 1 aromatic heterocycles. The number of aromatic nitrogens is 4. The standard InChI is InChI=1S/C10H10N4O3/c1-6(10(15)16)17-8-4-2-7(3-5-8)9-11-13-14-12-9/h2-6H,1H3,(H,15,16)(H,11,12,13,14). The van der Waals surface area contributed by atoms with E-state index < -0.39 is 12.1 Å². The van der Waals surface area contributed by atoms with Crippen LogP contribution in [0.3, 0.4) is 0 Å². The van der Waals surface area contributed by atoms with Gasteiger partial charge in [-0.2, -0.15) is 5.21 Å². The van der Waals surface area contributed by atoms with E-state index in [9.17, 15) is 4.79 Å². The number of hydrogen-bond donors (Lipinski definition) is 2. The molecule has 7 nitrogen and oxygen atoms in total. The molecular formula is C10H10N4O3. The number of aromatic amines is 1. The summed E-state index contributed by atoms with van der Waals surface area (Å²) in [5.41, 5.74) is 0.772. The number of nitrogens with zero attached hydrogens (tertiary/aromatic N) is 3. The predicted octanol–water partition coefficient (Wildman–Crippen LogP) is 0.719. The minimum atomic E-state index is -1.01. The van der Waals surface area contributed by atoms with Crippen LogP contribution in [0.1, 0.15) is 6.92 Å². The molecule has 0 amide bonds. The molecule has 1 unspecified atom stereocenters. The highest BCUT2D eigenvalue weighted by atomic mass is 16.5. The number of tetrazole rings is 1. The summed E-state index contributed by atoms with van der Waals surface area (Å²) in [5.74, 6) is -0.0535. The number of H-pyrrole nitrogens is 1. The van der Waals surface area contributed by atoms with Gasteiger partial charge in [0.15, 0.2) is 6.10 Å². The topological polar surface area (TPSA) is 101 Å². The molecule has 2 aromatic rings. The second-order valence-electron chi connectivity index (χ2n) is 3.36. The summed E-state index contributed by atoms with van der Waals surface area (Å²) in [5, 5.41) is 22.1. The fourth-order valence-electron chi connectivity index (χ4n) is 1.22. The lowest BCUT2D eigenvalue weighted by atomic mass is 10.2. The molecule has 0 saturated carbocycles. The molecule has 1 heterocycles. The number of carbonyl (C=O) groups is 1. The summed E-state index contributed by atoms with van der Waals surface area (Å²) in [7, 11) is 0. The van der Waals surface area contributed by atoms with Crippen molar-refractivity contribution in [3.05, 3.63) is 24.3 Å². The van der Waals surface area contributed by atoms with Crippen molar-refractivity contribution in [1.29, 1.82) is 0 Å². The Kier molecular flexibility index (Phi) is 2.99. The maximum Gasteiger partial charge on any atom is 0.344 e. The molecule has 0 saturated heterocycles. The Morgan fingerprint density at radius 2 is 2.12 bits per heavy atom. The number of ether oxygens (including phenoxy) is 1. The molecule has 2 N–H and O–H groups in total. The Morgan fingerprint density at radius 1 is 1.41 bits per heavy atom. The summed E-state index contributed by atoms with van der Waals surface area (Å²) < 4.78 is 5.18. The van der Waals surface area contributed by atoms with E-state index in [4.69, 9.17) is 9.84 Å². The molecule has 1 atom stereocenters. The number of aliphatic carboxylic acids is 1. The Balaban J connectivity index is 2.11. The smallest absolute Gasteiger partial charge is 0.344 e. The predicted molar refractivity (Wildman–Crippen MR) is 57.3 cm³/mol. The molecule has 0 aliphatic rings. The molecule has 7 heteroatoms. The lowest BCUT2D eigenvalue weighted by Gasteiger charge is -2.09. The third kappa shape index (κ3) is 2.57. The van der Waals surface area contributed by atoms with Crippen LogP contribution in [0.5, 0.6) is 5.75 Å². The van der Waals surface area contributed by atoms with Gasteiger partial charge in [0, 0.05) is 5.56 Å². The third-order valence-electron chi connectivity index (χ3n) is 2.12. The molecule has 1 aromatic carbocycles. The van der Waals surface area contributed by atoms with Crippen LogP contribution in [0.25, 0.3) is 11.4 Å². The SMILES string of the molecule is CC(Oc1ccc(-c2nn[nH]n2)cc1)C(=O)O. The highest BCUT2D eigenvalue weighted by molar-refractivity contribution is 5.72. The van der Waals surface area contributed by atoms with Crippen LogP contribution < -0.4 is 4.74 Å². The summed E-state index contributed by atoms with van der Waals surface area (Å²) in [6.45, 7) is 1.47. The van der Waals surface area contributed by atoms with Crippen LogP contribution in [0.4, 0.5) is 0 Å². The quantitative estimate of drug-likeness (QED) is 0.808. The lowest BCUT2D eigenvalue weighted by molar-refractivity contribution is -0.144. The molecule has 0 aliphatic heterocycles. The highest BCUT2D eigenvalue weighted by Crippen LogP contribution is 2.19. The van der Waals surface area contributed by atoms with Crippen molar-refractivity contribution in [3.8, 4) is 17.1 Å². The molecule has 0 fully saturated rings. The van der Waals surface area contributed by atoms with Crippen molar-refractivity contribution in [2.75, 3.05) is 0 Å². The van der Waals surface area contributed by atoms with E-state index in [1.54, 1.807) is 24.3 Å². The van der Waals surface area contributed by atoms with E-state index in [1.165, 1.54) is 6.92 Å². The molecule has 0 spiro atoms. The number of carboxylic acids is 1. The largest absolute Gasteiger partial charge is 0.479 e. The van der Waals surface area contributed by atoms with Gasteiger partial charge in [0.1, 0.15) is 5.75 Å². The lowest BCUT2D eigenvalue weighted by Crippen LogP contribution is -2.22. The fourth-order valence-corrected chi connectivity index (χ4v) is 1.22. The average molecular weight is 234 g/mol. The zero-order valence-corrected chi connectivity index (χ0v) is 8.99. The van der Waals surface area contributed by atoms with Gasteiger partial charge in [0.2, 0.25) is 5.82 Å². The molecule has 0 aliphatic carbocycles. The van der Waals surface area contributed by atoms with Crippen LogP contribution in [0, 0.1) is 0 Å². The number of carboxylic acid groups (broad SMARTS) is 1. The van der Waals surface area contributed by atoms with Crippen LogP contribution in [-0.4, -0.2) is 37.8 Å². The zero-order valence-electron chi connectivity index (χ0n) is 8.99. The Hall–Kier alpha value is -2.44.